The van der Waals surface area contributed by atoms with Crippen molar-refractivity contribution < 1.29 is 0 Å². The zero-order chi connectivity index (χ0) is 10.8. The van der Waals surface area contributed by atoms with E-state index in [-0.39, 0.29) is 0 Å². The Kier molecular flexibility index (Phi) is 3.00. The molecule has 0 bridgehead atoms. The second kappa shape index (κ2) is 4.27. The van der Waals surface area contributed by atoms with E-state index in [2.05, 4.69) is 41.7 Å². The second-order valence-electron chi connectivity index (χ2n) is 3.72. The van der Waals surface area contributed by atoms with Gasteiger partial charge in [0.2, 0.25) is 0 Å². The van der Waals surface area contributed by atoms with Gasteiger partial charge in [-0.05, 0) is 37.3 Å². The number of rotatable bonds is 3. The van der Waals surface area contributed by atoms with Gasteiger partial charge >= 0.3 is 0 Å². The number of hydrogen-bond donors (Lipinski definition) is 0. The van der Waals surface area contributed by atoms with Crippen LogP contribution >= 0.6 is 11.8 Å². The van der Waals surface area contributed by atoms with Gasteiger partial charge in [0.25, 0.3) is 0 Å². The van der Waals surface area contributed by atoms with Crippen LogP contribution in [0.1, 0.15) is 19.2 Å². The molecule has 80 valence electrons. The number of benzene rings is 1. The Hall–Kier alpha value is -0.960. The molecule has 0 fully saturated rings. The maximum Gasteiger partial charge on any atom is 0.106 e. The van der Waals surface area contributed by atoms with Gasteiger partial charge in [0.05, 0.1) is 11.0 Å². The molecule has 1 heterocycles. The average molecular weight is 220 g/mol. The number of aromatic nitrogens is 2. The fourth-order valence-electron chi connectivity index (χ4n) is 1.60. The zero-order valence-electron chi connectivity index (χ0n) is 9.45. The molecule has 2 nitrogen and oxygen atoms in total. The van der Waals surface area contributed by atoms with Crippen LogP contribution in [0.3, 0.4) is 0 Å². The summed E-state index contributed by atoms with van der Waals surface area (Å²) in [6.45, 7) is 4.25. The lowest BCUT2D eigenvalue weighted by Crippen LogP contribution is -1.90. The van der Waals surface area contributed by atoms with E-state index < -0.39 is 0 Å². The van der Waals surface area contributed by atoms with Crippen molar-refractivity contribution in [2.24, 2.45) is 7.05 Å². The minimum atomic E-state index is 1.07. The zero-order valence-corrected chi connectivity index (χ0v) is 10.3. The summed E-state index contributed by atoms with van der Waals surface area (Å²) in [6.07, 6.45) is 1.22. The molecule has 0 aliphatic heterocycles. The Morgan fingerprint density at radius 2 is 2.20 bits per heavy atom. The SMILES string of the molecule is CCCSc1ccc2nc(C)n(C)c2c1. The highest BCUT2D eigenvalue weighted by Gasteiger charge is 2.04. The van der Waals surface area contributed by atoms with E-state index in [4.69, 9.17) is 0 Å². The molecule has 1 aromatic carbocycles. The Morgan fingerprint density at radius 3 is 2.93 bits per heavy atom. The van der Waals surface area contributed by atoms with Crippen molar-refractivity contribution in [2.75, 3.05) is 5.75 Å². The highest BCUT2D eigenvalue weighted by molar-refractivity contribution is 7.99. The predicted molar refractivity (Wildman–Crippen MR) is 66.5 cm³/mol. The lowest BCUT2D eigenvalue weighted by Gasteiger charge is -2.01. The molecule has 0 spiro atoms. The summed E-state index contributed by atoms with van der Waals surface area (Å²) < 4.78 is 2.14. The van der Waals surface area contributed by atoms with Gasteiger partial charge in [-0.25, -0.2) is 4.98 Å². The van der Waals surface area contributed by atoms with Crippen molar-refractivity contribution in [1.29, 1.82) is 0 Å². The number of imidazole rings is 1. The Morgan fingerprint density at radius 1 is 1.40 bits per heavy atom. The van der Waals surface area contributed by atoms with Crippen molar-refractivity contribution in [1.82, 2.24) is 9.55 Å². The molecule has 0 unspecified atom stereocenters. The molecular formula is C12H16N2S. The van der Waals surface area contributed by atoms with Gasteiger partial charge in [-0.3, -0.25) is 0 Å². The maximum absolute atomic E-state index is 4.49. The van der Waals surface area contributed by atoms with Gasteiger partial charge in [0, 0.05) is 11.9 Å². The molecule has 3 heteroatoms. The van der Waals surface area contributed by atoms with E-state index in [1.165, 1.54) is 22.6 Å². The lowest BCUT2D eigenvalue weighted by atomic mass is 10.3. The molecule has 0 radical (unpaired) electrons. The largest absolute Gasteiger partial charge is 0.331 e. The molecule has 0 aliphatic carbocycles. The van der Waals surface area contributed by atoms with Gasteiger partial charge < -0.3 is 4.57 Å². The topological polar surface area (TPSA) is 17.8 Å². The summed E-state index contributed by atoms with van der Waals surface area (Å²) in [5, 5.41) is 0. The molecular weight excluding hydrogens is 204 g/mol. The van der Waals surface area contributed by atoms with Gasteiger partial charge in [0.15, 0.2) is 0 Å². The van der Waals surface area contributed by atoms with Crippen LogP contribution in [0.2, 0.25) is 0 Å². The van der Waals surface area contributed by atoms with E-state index in [0.717, 1.165) is 11.3 Å². The van der Waals surface area contributed by atoms with Gasteiger partial charge in [-0.15, -0.1) is 11.8 Å². The predicted octanol–water partition coefficient (Wildman–Crippen LogP) is 3.38. The third kappa shape index (κ3) is 2.02. The van der Waals surface area contributed by atoms with E-state index in [1.807, 2.05) is 18.7 Å². The number of nitrogens with zero attached hydrogens (tertiary/aromatic N) is 2. The Bertz CT molecular complexity index is 474. The monoisotopic (exact) mass is 220 g/mol. The van der Waals surface area contributed by atoms with Crippen molar-refractivity contribution >= 4 is 22.8 Å². The van der Waals surface area contributed by atoms with Crippen LogP contribution in [0.15, 0.2) is 23.1 Å². The van der Waals surface area contributed by atoms with Gasteiger partial charge in [0.1, 0.15) is 5.82 Å². The summed E-state index contributed by atoms with van der Waals surface area (Å²) >= 11 is 1.91. The van der Waals surface area contributed by atoms with Crippen molar-refractivity contribution in [3.63, 3.8) is 0 Å². The summed E-state index contributed by atoms with van der Waals surface area (Å²) in [5.41, 5.74) is 2.32. The first-order valence-electron chi connectivity index (χ1n) is 5.28. The van der Waals surface area contributed by atoms with Crippen molar-refractivity contribution in [2.45, 2.75) is 25.2 Å². The minimum absolute atomic E-state index is 1.07. The molecule has 15 heavy (non-hydrogen) atoms. The third-order valence-corrected chi connectivity index (χ3v) is 3.75. The minimum Gasteiger partial charge on any atom is -0.331 e. The van der Waals surface area contributed by atoms with Crippen LogP contribution < -0.4 is 0 Å². The van der Waals surface area contributed by atoms with Gasteiger partial charge in [-0.1, -0.05) is 6.92 Å². The van der Waals surface area contributed by atoms with Crippen LogP contribution in [0.5, 0.6) is 0 Å². The maximum atomic E-state index is 4.49. The number of aryl methyl sites for hydroxylation is 2. The summed E-state index contributed by atoms with van der Waals surface area (Å²) in [5.74, 6) is 2.25. The first-order chi connectivity index (χ1) is 7.22. The molecule has 2 aromatic rings. The molecule has 0 atom stereocenters. The highest BCUT2D eigenvalue weighted by atomic mass is 32.2. The number of fused-ring (bicyclic) bond motifs is 1. The lowest BCUT2D eigenvalue weighted by molar-refractivity contribution is 0.885. The molecule has 1 aromatic heterocycles. The summed E-state index contributed by atoms with van der Waals surface area (Å²) in [7, 11) is 2.07. The van der Waals surface area contributed by atoms with Crippen LogP contribution in [-0.4, -0.2) is 15.3 Å². The molecule has 0 aliphatic rings. The molecule has 2 rings (SSSR count). The third-order valence-electron chi connectivity index (χ3n) is 2.55. The summed E-state index contributed by atoms with van der Waals surface area (Å²) in [6, 6.07) is 6.51. The molecule has 0 amide bonds. The normalized spacial score (nSPS) is 11.1. The Balaban J connectivity index is 2.41. The van der Waals surface area contributed by atoms with E-state index >= 15 is 0 Å². The van der Waals surface area contributed by atoms with Gasteiger partial charge in [-0.2, -0.15) is 0 Å². The van der Waals surface area contributed by atoms with E-state index in [9.17, 15) is 0 Å². The highest BCUT2D eigenvalue weighted by Crippen LogP contribution is 2.24. The molecule has 0 saturated heterocycles. The summed E-state index contributed by atoms with van der Waals surface area (Å²) in [4.78, 5) is 5.83. The van der Waals surface area contributed by atoms with E-state index in [1.54, 1.807) is 0 Å². The first-order valence-corrected chi connectivity index (χ1v) is 6.27. The Labute approximate surface area is 94.7 Å². The fraction of sp³-hybridized carbons (Fsp3) is 0.417. The standard InChI is InChI=1S/C12H16N2S/c1-4-7-15-10-5-6-11-12(8-10)14(3)9(2)13-11/h5-6,8H,4,7H2,1-3H3. The van der Waals surface area contributed by atoms with Crippen molar-refractivity contribution in [3.8, 4) is 0 Å². The molecule has 0 saturated carbocycles. The average Bonchev–Trinajstić information content (AvgIpc) is 2.52. The molecule has 0 N–H and O–H groups in total. The second-order valence-corrected chi connectivity index (χ2v) is 4.89. The van der Waals surface area contributed by atoms with Crippen LogP contribution in [-0.2, 0) is 7.05 Å². The van der Waals surface area contributed by atoms with Crippen molar-refractivity contribution in [3.05, 3.63) is 24.0 Å². The van der Waals surface area contributed by atoms with Crippen LogP contribution in [0.25, 0.3) is 11.0 Å². The van der Waals surface area contributed by atoms with Crippen LogP contribution in [0, 0.1) is 6.92 Å². The smallest absolute Gasteiger partial charge is 0.106 e. The first kappa shape index (κ1) is 10.6. The number of hydrogen-bond acceptors (Lipinski definition) is 2. The number of thioether (sulfide) groups is 1. The fourth-order valence-corrected chi connectivity index (χ4v) is 2.40. The van der Waals surface area contributed by atoms with E-state index in [0.29, 0.717) is 0 Å². The quantitative estimate of drug-likeness (QED) is 0.738. The van der Waals surface area contributed by atoms with Crippen LogP contribution in [0.4, 0.5) is 0 Å².